The summed E-state index contributed by atoms with van der Waals surface area (Å²) in [5.41, 5.74) is -2.03. The zero-order valence-electron chi connectivity index (χ0n) is 28.0. The molecular weight excluding hydrogens is 640 g/mol. The highest BCUT2D eigenvalue weighted by molar-refractivity contribution is 5.92. The molecule has 3 fully saturated rings. The van der Waals surface area contributed by atoms with Crippen molar-refractivity contribution in [2.75, 3.05) is 13.7 Å². The minimum atomic E-state index is -1.82. The molecule has 268 valence electrons. The smallest absolute Gasteiger partial charge is 0.328 e. The first-order valence-electron chi connectivity index (χ1n) is 16.8. The maximum absolute atomic E-state index is 13.5. The Morgan fingerprint density at radius 3 is 2.55 bits per heavy atom. The largest absolute Gasteiger partial charge is 0.595 e. The van der Waals surface area contributed by atoms with Crippen molar-refractivity contribution in [3.05, 3.63) is 40.6 Å². The van der Waals surface area contributed by atoms with Gasteiger partial charge in [-0.1, -0.05) is 25.5 Å². The molecule has 6 N–H and O–H groups in total. The number of esters is 2. The Balaban J connectivity index is 1.16. The monoisotopic (exact) mass is 686 g/mol. The lowest BCUT2D eigenvalue weighted by Gasteiger charge is -2.60. The van der Waals surface area contributed by atoms with Gasteiger partial charge in [0.1, 0.15) is 11.6 Å². The molecule has 5 rings (SSSR count). The summed E-state index contributed by atoms with van der Waals surface area (Å²) in [4.78, 5) is 63.3. The van der Waals surface area contributed by atoms with E-state index in [0.29, 0.717) is 24.8 Å². The molecule has 14 heteroatoms. The molecule has 9 atom stereocenters. The summed E-state index contributed by atoms with van der Waals surface area (Å²) in [5.74, 6) is -3.43. The fraction of sp³-hybridized carbons (Fsp3) is 0.629. The van der Waals surface area contributed by atoms with Crippen LogP contribution < -0.4 is 10.5 Å². The van der Waals surface area contributed by atoms with Gasteiger partial charge < -0.3 is 35.3 Å². The van der Waals surface area contributed by atoms with Gasteiger partial charge in [0.2, 0.25) is 17.4 Å². The number of allylic oxidation sites excluding steroid dienone is 1. The number of phenols is 1. The fourth-order valence-corrected chi connectivity index (χ4v) is 9.42. The van der Waals surface area contributed by atoms with Gasteiger partial charge in [0.25, 0.3) is 0 Å². The van der Waals surface area contributed by atoms with Crippen molar-refractivity contribution in [3.8, 4) is 5.75 Å². The number of aromatic hydroxyl groups is 1. The third kappa shape index (κ3) is 6.76. The van der Waals surface area contributed by atoms with Crippen molar-refractivity contribution in [2.24, 2.45) is 28.6 Å². The quantitative estimate of drug-likeness (QED) is 0.109. The van der Waals surface area contributed by atoms with Gasteiger partial charge in [-0.15, -0.1) is 0 Å². The third-order valence-electron chi connectivity index (χ3n) is 12.0. The van der Waals surface area contributed by atoms with Gasteiger partial charge in [-0.2, -0.15) is 5.23 Å². The third-order valence-corrected chi connectivity index (χ3v) is 12.0. The standard InChI is InChI=1S/C35H46N2O12/c1-33-12-10-21(38)16-20(33)5-6-22-23-11-13-35(45,34(23,2)17-27(40)31(22)33)28(41)18-49-30(43)9-8-29(42)36-24(32(44)48-3)14-19-4-7-26(39)25(15-19)37(46)47/h4,7,15-16,22-24,27,31,37,39-40,45-46H,5-6,8-14,17-18H2,1-3H3,(H,36,42)/t22-,23-,24?,27-,31+,33-,34-,35-/m0/s1. The van der Waals surface area contributed by atoms with Crippen LogP contribution in [0, 0.1) is 33.8 Å². The van der Waals surface area contributed by atoms with Gasteiger partial charge in [-0.3, -0.25) is 19.2 Å². The van der Waals surface area contributed by atoms with Crippen LogP contribution in [0.25, 0.3) is 0 Å². The molecule has 1 aromatic rings. The van der Waals surface area contributed by atoms with E-state index in [-0.39, 0.29) is 53.9 Å². The van der Waals surface area contributed by atoms with E-state index in [0.717, 1.165) is 31.6 Å². The number of ketones is 2. The number of aliphatic hydroxyl groups is 2. The molecule has 0 aromatic heterocycles. The average Bonchev–Trinajstić information content (AvgIpc) is 3.33. The fourth-order valence-electron chi connectivity index (χ4n) is 9.42. The van der Waals surface area contributed by atoms with Crippen molar-refractivity contribution >= 4 is 35.1 Å². The number of hydrogen-bond donors (Lipinski definition) is 6. The topological polar surface area (TPSA) is 224 Å². The summed E-state index contributed by atoms with van der Waals surface area (Å²) in [6.07, 6.45) is 3.57. The number of aliphatic hydroxyl groups excluding tert-OH is 1. The number of amides is 1. The first-order chi connectivity index (χ1) is 23.0. The molecule has 3 saturated carbocycles. The molecule has 0 aliphatic heterocycles. The second-order valence-corrected chi connectivity index (χ2v) is 14.6. The maximum atomic E-state index is 13.5. The molecule has 0 saturated heterocycles. The lowest BCUT2D eigenvalue weighted by atomic mass is 9.45. The normalized spacial score (nSPS) is 33.2. The number of methoxy groups -OCH3 is 1. The zero-order chi connectivity index (χ0) is 35.9. The minimum absolute atomic E-state index is 0.0368. The summed E-state index contributed by atoms with van der Waals surface area (Å²) in [5, 5.41) is 54.9. The molecule has 0 radical (unpaired) electrons. The minimum Gasteiger partial charge on any atom is -0.595 e. The van der Waals surface area contributed by atoms with Crippen LogP contribution in [0.2, 0.25) is 0 Å². The Morgan fingerprint density at radius 2 is 1.86 bits per heavy atom. The molecule has 0 spiro atoms. The molecule has 4 aliphatic rings. The predicted octanol–water partition coefficient (Wildman–Crippen LogP) is 1.12. The predicted molar refractivity (Wildman–Crippen MR) is 170 cm³/mol. The van der Waals surface area contributed by atoms with E-state index in [9.17, 15) is 49.7 Å². The molecule has 2 unspecified atom stereocenters. The van der Waals surface area contributed by atoms with Gasteiger partial charge >= 0.3 is 11.9 Å². The number of nitrogens with one attached hydrogen (secondary N) is 2. The van der Waals surface area contributed by atoms with Gasteiger partial charge in [-0.25, -0.2) is 10.0 Å². The molecule has 1 aromatic carbocycles. The van der Waals surface area contributed by atoms with Crippen molar-refractivity contribution in [1.29, 1.82) is 0 Å². The van der Waals surface area contributed by atoms with E-state index in [4.69, 9.17) is 9.47 Å². The highest BCUT2D eigenvalue weighted by Crippen LogP contribution is 2.67. The molecule has 49 heavy (non-hydrogen) atoms. The van der Waals surface area contributed by atoms with Crippen LogP contribution in [0.1, 0.15) is 77.2 Å². The Morgan fingerprint density at radius 1 is 1.12 bits per heavy atom. The number of fused-ring (bicyclic) bond motifs is 5. The summed E-state index contributed by atoms with van der Waals surface area (Å²) >= 11 is 0. The number of benzene rings is 1. The van der Waals surface area contributed by atoms with Gasteiger partial charge in [0.05, 0.1) is 19.6 Å². The lowest BCUT2D eigenvalue weighted by molar-refractivity contribution is -0.991. The first-order valence-corrected chi connectivity index (χ1v) is 16.8. The highest BCUT2D eigenvalue weighted by Gasteiger charge is 2.68. The summed E-state index contributed by atoms with van der Waals surface area (Å²) in [6.45, 7) is 3.26. The summed E-state index contributed by atoms with van der Waals surface area (Å²) < 4.78 is 9.95. The molecule has 1 amide bonds. The highest BCUT2D eigenvalue weighted by atomic mass is 16.8. The van der Waals surface area contributed by atoms with Gasteiger partial charge in [0.15, 0.2) is 18.1 Å². The van der Waals surface area contributed by atoms with E-state index in [1.807, 2.05) is 6.92 Å². The van der Waals surface area contributed by atoms with Crippen molar-refractivity contribution in [3.63, 3.8) is 0 Å². The number of Topliss-reactive ketones (excluding diaryl/α,β-unsaturated/α-hetero) is 1. The first kappa shape index (κ1) is 36.6. The Bertz CT molecular complexity index is 1540. The number of carbonyl (C=O) groups excluding carboxylic acids is 5. The lowest BCUT2D eigenvalue weighted by Crippen LogP contribution is -2.99. The summed E-state index contributed by atoms with van der Waals surface area (Å²) in [7, 11) is 1.12. The number of phenolic OH excluding ortho intramolecular Hbond substituents is 1. The number of hydrogen-bond acceptors (Lipinski definition) is 12. The number of rotatable bonds is 11. The summed E-state index contributed by atoms with van der Waals surface area (Å²) in [6, 6.07) is 2.51. The van der Waals surface area contributed by atoms with Crippen molar-refractivity contribution in [2.45, 2.75) is 95.8 Å². The number of quaternary nitrogens is 1. The molecule has 14 nitrogen and oxygen atoms in total. The SMILES string of the molecule is COC(=O)C(Cc1ccc(O)c([NH+]([O-])O)c1)NC(=O)CCC(=O)OCC(=O)[C@@]1(O)CC[C@H]2[C@@H]3CCC4=CC(=O)CC[C@]4(C)[C@H]3[C@@H](O)C[C@@]21C. The Hall–Kier alpha value is -3.69. The molecule has 0 bridgehead atoms. The van der Waals surface area contributed by atoms with Gasteiger partial charge in [0, 0.05) is 30.7 Å². The number of carbonyl (C=O) groups is 5. The molecular formula is C35H46N2O12. The Kier molecular flexibility index (Phi) is 10.4. The van der Waals surface area contributed by atoms with E-state index >= 15 is 0 Å². The zero-order valence-corrected chi connectivity index (χ0v) is 28.0. The van der Waals surface area contributed by atoms with Crippen LogP contribution in [0.4, 0.5) is 5.69 Å². The molecule has 0 heterocycles. The maximum Gasteiger partial charge on any atom is 0.328 e. The van der Waals surface area contributed by atoms with Crippen molar-refractivity contribution in [1.82, 2.24) is 5.32 Å². The van der Waals surface area contributed by atoms with Gasteiger partial charge in [-0.05, 0) is 79.4 Å². The van der Waals surface area contributed by atoms with Crippen LogP contribution in [0.3, 0.4) is 0 Å². The van der Waals surface area contributed by atoms with E-state index in [1.165, 1.54) is 12.1 Å². The second-order valence-electron chi connectivity index (χ2n) is 14.6. The van der Waals surface area contributed by atoms with E-state index in [1.54, 1.807) is 6.08 Å². The van der Waals surface area contributed by atoms with E-state index in [2.05, 4.69) is 12.2 Å². The molecule has 4 aliphatic carbocycles. The van der Waals surface area contributed by atoms with Crippen LogP contribution in [-0.4, -0.2) is 81.4 Å². The second kappa shape index (κ2) is 13.9. The van der Waals surface area contributed by atoms with E-state index < -0.39 is 77.2 Å². The van der Waals surface area contributed by atoms with Crippen LogP contribution in [0.15, 0.2) is 29.8 Å². The average molecular weight is 687 g/mol. The van der Waals surface area contributed by atoms with Crippen LogP contribution in [-0.2, 0) is 39.9 Å². The Labute approximate surface area is 284 Å². The van der Waals surface area contributed by atoms with Crippen LogP contribution in [0.5, 0.6) is 5.75 Å². The number of ether oxygens (including phenoxy) is 2. The van der Waals surface area contributed by atoms with Crippen molar-refractivity contribution < 1.29 is 59.2 Å². The van der Waals surface area contributed by atoms with Crippen LogP contribution >= 0.6 is 0 Å².